The molecule has 0 atom stereocenters. The molecule has 0 saturated heterocycles. The lowest BCUT2D eigenvalue weighted by Crippen LogP contribution is -2.23. The third-order valence-corrected chi connectivity index (χ3v) is 4.32. The molecule has 0 aromatic carbocycles. The Bertz CT molecular complexity index is 437. The summed E-state index contributed by atoms with van der Waals surface area (Å²) in [6.07, 6.45) is 4.17. The van der Waals surface area contributed by atoms with Gasteiger partial charge in [0.1, 0.15) is 18.0 Å². The Balaban J connectivity index is 2.16. The molecule has 1 heterocycles. The van der Waals surface area contributed by atoms with Crippen molar-refractivity contribution in [1.29, 1.82) is 0 Å². The number of aromatic nitrogens is 2. The normalized spacial score (nSPS) is 16.8. The van der Waals surface area contributed by atoms with Crippen LogP contribution in [0.25, 0.3) is 0 Å². The van der Waals surface area contributed by atoms with Gasteiger partial charge in [0.15, 0.2) is 0 Å². The zero-order valence-corrected chi connectivity index (χ0v) is 12.3. The highest BCUT2D eigenvalue weighted by molar-refractivity contribution is 5.58. The van der Waals surface area contributed by atoms with Crippen molar-refractivity contribution in [1.82, 2.24) is 9.97 Å². The fourth-order valence-corrected chi connectivity index (χ4v) is 2.58. The Morgan fingerprint density at radius 3 is 2.32 bits per heavy atom. The second-order valence-electron chi connectivity index (χ2n) is 6.15. The van der Waals surface area contributed by atoms with E-state index in [4.69, 9.17) is 5.84 Å². The summed E-state index contributed by atoms with van der Waals surface area (Å²) >= 11 is 0. The fourth-order valence-electron chi connectivity index (χ4n) is 2.58. The Labute approximate surface area is 115 Å². The van der Waals surface area contributed by atoms with E-state index in [-0.39, 0.29) is 0 Å². The topological polar surface area (TPSA) is 75.9 Å². The van der Waals surface area contributed by atoms with E-state index in [1.165, 1.54) is 12.8 Å². The van der Waals surface area contributed by atoms with Gasteiger partial charge in [-0.2, -0.15) is 0 Å². The average molecular weight is 263 g/mol. The second kappa shape index (κ2) is 5.33. The molecular weight excluding hydrogens is 238 g/mol. The quantitative estimate of drug-likeness (QED) is 0.543. The van der Waals surface area contributed by atoms with E-state index in [1.807, 2.05) is 0 Å². The zero-order valence-electron chi connectivity index (χ0n) is 12.3. The summed E-state index contributed by atoms with van der Waals surface area (Å²) in [7, 11) is 0. The summed E-state index contributed by atoms with van der Waals surface area (Å²) in [5, 5.41) is 3.51. The van der Waals surface area contributed by atoms with E-state index < -0.39 is 0 Å². The van der Waals surface area contributed by atoms with Crippen LogP contribution in [0.2, 0.25) is 0 Å². The minimum atomic E-state index is 0.323. The Morgan fingerprint density at radius 1 is 1.21 bits per heavy atom. The van der Waals surface area contributed by atoms with E-state index >= 15 is 0 Å². The first-order chi connectivity index (χ1) is 9.00. The predicted octanol–water partition coefficient (Wildman–Crippen LogP) is 2.73. The minimum Gasteiger partial charge on any atom is -0.369 e. The maximum absolute atomic E-state index is 5.53. The van der Waals surface area contributed by atoms with Gasteiger partial charge >= 0.3 is 0 Å². The molecule has 1 saturated carbocycles. The van der Waals surface area contributed by atoms with Crippen LogP contribution in [0.4, 0.5) is 11.6 Å². The molecule has 1 aliphatic carbocycles. The van der Waals surface area contributed by atoms with Crippen molar-refractivity contribution >= 4 is 11.6 Å². The van der Waals surface area contributed by atoms with Crippen LogP contribution in [-0.2, 0) is 0 Å². The lowest BCUT2D eigenvalue weighted by molar-refractivity contribution is 0.379. The summed E-state index contributed by atoms with van der Waals surface area (Å²) in [4.78, 5) is 8.57. The molecule has 1 aromatic rings. The standard InChI is InChI=1S/C14H25N5/c1-9(2)11-12(17-8-18-13(11)19-15)16-7-14(5-6-14)10(3)4/h8-10H,5-7,15H2,1-4H3,(H2,16,17,18,19). The van der Waals surface area contributed by atoms with Gasteiger partial charge < -0.3 is 10.7 Å². The molecule has 1 fully saturated rings. The van der Waals surface area contributed by atoms with Crippen LogP contribution < -0.4 is 16.6 Å². The zero-order chi connectivity index (χ0) is 14.0. The number of hydrazine groups is 1. The molecule has 0 unspecified atom stereocenters. The molecule has 0 radical (unpaired) electrons. The average Bonchev–Trinajstić information content (AvgIpc) is 3.16. The lowest BCUT2D eigenvalue weighted by Gasteiger charge is -2.22. The molecule has 0 bridgehead atoms. The van der Waals surface area contributed by atoms with Crippen LogP contribution >= 0.6 is 0 Å². The Kier molecular flexibility index (Phi) is 3.94. The third-order valence-electron chi connectivity index (χ3n) is 4.32. The van der Waals surface area contributed by atoms with Crippen molar-refractivity contribution in [3.8, 4) is 0 Å². The van der Waals surface area contributed by atoms with Gasteiger partial charge in [0.25, 0.3) is 0 Å². The van der Waals surface area contributed by atoms with Crippen LogP contribution in [0.1, 0.15) is 52.0 Å². The number of nitrogens with two attached hydrogens (primary N) is 1. The van der Waals surface area contributed by atoms with E-state index in [0.29, 0.717) is 23.1 Å². The molecule has 2 rings (SSSR count). The van der Waals surface area contributed by atoms with Crippen LogP contribution in [0.3, 0.4) is 0 Å². The molecular formula is C14H25N5. The van der Waals surface area contributed by atoms with Crippen molar-refractivity contribution in [2.45, 2.75) is 46.5 Å². The molecule has 0 spiro atoms. The van der Waals surface area contributed by atoms with Gasteiger partial charge in [0.05, 0.1) is 0 Å². The second-order valence-corrected chi connectivity index (χ2v) is 6.15. The van der Waals surface area contributed by atoms with Crippen molar-refractivity contribution in [2.75, 3.05) is 17.3 Å². The number of nitrogens with one attached hydrogen (secondary N) is 2. The highest BCUT2D eigenvalue weighted by Gasteiger charge is 2.45. The third kappa shape index (κ3) is 2.81. The van der Waals surface area contributed by atoms with Crippen LogP contribution in [0.5, 0.6) is 0 Å². The molecule has 1 aromatic heterocycles. The first-order valence-electron chi connectivity index (χ1n) is 7.05. The number of hydrogen-bond acceptors (Lipinski definition) is 5. The van der Waals surface area contributed by atoms with Gasteiger partial charge in [0.2, 0.25) is 0 Å². The number of anilines is 2. The maximum Gasteiger partial charge on any atom is 0.148 e. The van der Waals surface area contributed by atoms with E-state index in [9.17, 15) is 0 Å². The smallest absolute Gasteiger partial charge is 0.148 e. The predicted molar refractivity (Wildman–Crippen MR) is 78.9 cm³/mol. The Hall–Kier alpha value is -1.36. The first kappa shape index (κ1) is 14.1. The van der Waals surface area contributed by atoms with Crippen molar-refractivity contribution < 1.29 is 0 Å². The summed E-state index contributed by atoms with van der Waals surface area (Å²) in [5.74, 6) is 8.18. The number of hydrogen-bond donors (Lipinski definition) is 3. The largest absolute Gasteiger partial charge is 0.369 e. The number of nitrogens with zero attached hydrogens (tertiary/aromatic N) is 2. The first-order valence-corrected chi connectivity index (χ1v) is 7.05. The molecule has 19 heavy (non-hydrogen) atoms. The molecule has 106 valence electrons. The van der Waals surface area contributed by atoms with Crippen molar-refractivity contribution in [2.24, 2.45) is 17.2 Å². The van der Waals surface area contributed by atoms with Gasteiger partial charge in [-0.25, -0.2) is 15.8 Å². The van der Waals surface area contributed by atoms with Crippen LogP contribution in [0, 0.1) is 11.3 Å². The summed E-state index contributed by atoms with van der Waals surface area (Å²) in [6, 6.07) is 0. The van der Waals surface area contributed by atoms with E-state index in [2.05, 4.69) is 48.4 Å². The summed E-state index contributed by atoms with van der Waals surface area (Å²) in [6.45, 7) is 9.82. The van der Waals surface area contributed by atoms with Crippen LogP contribution in [0.15, 0.2) is 6.33 Å². The number of nitrogen functional groups attached to an aromatic ring is 1. The highest BCUT2D eigenvalue weighted by atomic mass is 15.3. The van der Waals surface area contributed by atoms with Crippen molar-refractivity contribution in [3.63, 3.8) is 0 Å². The molecule has 4 N–H and O–H groups in total. The van der Waals surface area contributed by atoms with Gasteiger partial charge in [-0.1, -0.05) is 27.7 Å². The summed E-state index contributed by atoms with van der Waals surface area (Å²) in [5.41, 5.74) is 4.18. The number of rotatable bonds is 6. The fraction of sp³-hybridized carbons (Fsp3) is 0.714. The monoisotopic (exact) mass is 263 g/mol. The maximum atomic E-state index is 5.53. The van der Waals surface area contributed by atoms with Gasteiger partial charge in [-0.15, -0.1) is 0 Å². The van der Waals surface area contributed by atoms with E-state index in [1.54, 1.807) is 6.33 Å². The molecule has 0 aliphatic heterocycles. The van der Waals surface area contributed by atoms with Crippen molar-refractivity contribution in [3.05, 3.63) is 11.9 Å². The molecule has 1 aliphatic rings. The molecule has 5 nitrogen and oxygen atoms in total. The van der Waals surface area contributed by atoms with E-state index in [0.717, 1.165) is 17.9 Å². The van der Waals surface area contributed by atoms with Crippen LogP contribution in [-0.4, -0.2) is 16.5 Å². The SMILES string of the molecule is CC(C)c1c(NN)ncnc1NCC1(C(C)C)CC1. The summed E-state index contributed by atoms with van der Waals surface area (Å²) < 4.78 is 0. The highest BCUT2D eigenvalue weighted by Crippen LogP contribution is 2.51. The van der Waals surface area contributed by atoms with Gasteiger partial charge in [0, 0.05) is 12.1 Å². The van der Waals surface area contributed by atoms with Gasteiger partial charge in [-0.05, 0) is 30.1 Å². The minimum absolute atomic E-state index is 0.323. The molecule has 5 heteroatoms. The molecule has 0 amide bonds. The lowest BCUT2D eigenvalue weighted by atomic mass is 9.92. The van der Waals surface area contributed by atoms with Gasteiger partial charge in [-0.3, -0.25) is 0 Å². The Morgan fingerprint density at radius 2 is 1.84 bits per heavy atom.